The summed E-state index contributed by atoms with van der Waals surface area (Å²) in [7, 11) is 0. The summed E-state index contributed by atoms with van der Waals surface area (Å²) in [6, 6.07) is 8.25. The molecule has 2 N–H and O–H groups in total. The number of carbonyl (C=O) groups excluding carboxylic acids is 1. The number of nitrogens with zero attached hydrogens (tertiary/aromatic N) is 2. The summed E-state index contributed by atoms with van der Waals surface area (Å²) in [6.45, 7) is 4.38. The molecule has 0 bridgehead atoms. The molecule has 0 unspecified atom stereocenters. The molecule has 0 spiro atoms. The normalized spacial score (nSPS) is 16.8. The van der Waals surface area contributed by atoms with Crippen LogP contribution < -0.4 is 20.3 Å². The van der Waals surface area contributed by atoms with Crippen LogP contribution in [0.2, 0.25) is 0 Å². The monoisotopic (exact) mass is 444 g/mol. The first-order chi connectivity index (χ1) is 11.3. The molecule has 0 aromatic heterocycles. The number of amides is 1. The Morgan fingerprint density at radius 3 is 2.92 bits per heavy atom. The molecule has 1 saturated carbocycles. The van der Waals surface area contributed by atoms with Gasteiger partial charge in [0, 0.05) is 25.7 Å². The molecule has 132 valence electrons. The van der Waals surface area contributed by atoms with Crippen molar-refractivity contribution in [2.45, 2.75) is 32.2 Å². The predicted molar refractivity (Wildman–Crippen MR) is 106 cm³/mol. The average molecular weight is 444 g/mol. The summed E-state index contributed by atoms with van der Waals surface area (Å²) >= 11 is 0. The first-order valence-corrected chi connectivity index (χ1v) is 8.35. The molecule has 0 atom stereocenters. The van der Waals surface area contributed by atoms with Gasteiger partial charge in [-0.3, -0.25) is 9.79 Å². The molecular weight excluding hydrogens is 419 g/mol. The molecule has 0 saturated heterocycles. The second-order valence-electron chi connectivity index (χ2n) is 5.83. The number of hydrogen-bond acceptors (Lipinski definition) is 3. The maximum atomic E-state index is 12.1. The van der Waals surface area contributed by atoms with Crippen molar-refractivity contribution in [1.29, 1.82) is 0 Å². The highest BCUT2D eigenvalue weighted by atomic mass is 127. The molecule has 1 amide bonds. The number of benzene rings is 1. The maximum Gasteiger partial charge on any atom is 0.265 e. The van der Waals surface area contributed by atoms with Crippen molar-refractivity contribution in [2.24, 2.45) is 4.99 Å². The molecule has 6 nitrogen and oxygen atoms in total. The lowest BCUT2D eigenvalue weighted by Gasteiger charge is -2.29. The van der Waals surface area contributed by atoms with E-state index in [4.69, 9.17) is 4.74 Å². The largest absolute Gasteiger partial charge is 0.482 e. The van der Waals surface area contributed by atoms with E-state index in [0.29, 0.717) is 19.1 Å². The topological polar surface area (TPSA) is 66.0 Å². The van der Waals surface area contributed by atoms with Gasteiger partial charge in [-0.1, -0.05) is 12.1 Å². The van der Waals surface area contributed by atoms with Crippen LogP contribution in [-0.2, 0) is 4.79 Å². The summed E-state index contributed by atoms with van der Waals surface area (Å²) < 4.78 is 5.45. The predicted octanol–water partition coefficient (Wildman–Crippen LogP) is 2.14. The maximum absolute atomic E-state index is 12.1. The van der Waals surface area contributed by atoms with Crippen LogP contribution in [0, 0.1) is 0 Å². The van der Waals surface area contributed by atoms with Gasteiger partial charge in [-0.2, -0.15) is 0 Å². The summed E-state index contributed by atoms with van der Waals surface area (Å²) in [6.07, 6.45) is 3.27. The fourth-order valence-corrected chi connectivity index (χ4v) is 2.56. The van der Waals surface area contributed by atoms with E-state index in [1.54, 1.807) is 4.90 Å². The van der Waals surface area contributed by atoms with Crippen molar-refractivity contribution in [3.8, 4) is 5.75 Å². The average Bonchev–Trinajstić information content (AvgIpc) is 3.37. The number of carbonyl (C=O) groups is 1. The minimum absolute atomic E-state index is 0. The zero-order valence-electron chi connectivity index (χ0n) is 14.0. The summed E-state index contributed by atoms with van der Waals surface area (Å²) in [4.78, 5) is 18.5. The standard InChI is InChI=1S/C17H24N4O2.HI/c1-2-18-17(20-13-8-9-13)19-10-5-11-21-14-6-3-4-7-15(14)23-12-16(21)22;/h3-4,6-7,13H,2,5,8-12H2,1H3,(H2,18,19,20);1H. The Hall–Kier alpha value is -1.51. The van der Waals surface area contributed by atoms with Gasteiger partial charge < -0.3 is 20.3 Å². The number of halogens is 1. The van der Waals surface area contributed by atoms with Crippen molar-refractivity contribution in [3.63, 3.8) is 0 Å². The van der Waals surface area contributed by atoms with Crippen molar-refractivity contribution in [1.82, 2.24) is 10.6 Å². The molecule has 0 radical (unpaired) electrons. The number of fused-ring (bicyclic) bond motifs is 1. The van der Waals surface area contributed by atoms with Gasteiger partial charge in [0.1, 0.15) is 5.75 Å². The fraction of sp³-hybridized carbons (Fsp3) is 0.529. The van der Waals surface area contributed by atoms with Gasteiger partial charge >= 0.3 is 0 Å². The fourth-order valence-electron chi connectivity index (χ4n) is 2.56. The van der Waals surface area contributed by atoms with E-state index in [1.165, 1.54) is 12.8 Å². The molecule has 24 heavy (non-hydrogen) atoms. The Morgan fingerprint density at radius 2 is 2.17 bits per heavy atom. The first-order valence-electron chi connectivity index (χ1n) is 8.35. The third kappa shape index (κ3) is 4.99. The van der Waals surface area contributed by atoms with Crippen LogP contribution in [0.5, 0.6) is 5.75 Å². The number of hydrogen-bond donors (Lipinski definition) is 2. The molecule has 1 heterocycles. The lowest BCUT2D eigenvalue weighted by molar-refractivity contribution is -0.121. The quantitative estimate of drug-likeness (QED) is 0.306. The number of nitrogens with one attached hydrogen (secondary N) is 2. The van der Waals surface area contributed by atoms with Gasteiger partial charge in [0.05, 0.1) is 5.69 Å². The zero-order valence-corrected chi connectivity index (χ0v) is 16.3. The van der Waals surface area contributed by atoms with Crippen LogP contribution in [0.4, 0.5) is 5.69 Å². The van der Waals surface area contributed by atoms with Crippen LogP contribution in [-0.4, -0.2) is 44.1 Å². The third-order valence-corrected chi connectivity index (χ3v) is 3.88. The molecule has 1 aromatic rings. The van der Waals surface area contributed by atoms with E-state index in [2.05, 4.69) is 22.5 Å². The van der Waals surface area contributed by atoms with Gasteiger partial charge in [0.15, 0.2) is 12.6 Å². The molecule has 1 aliphatic heterocycles. The van der Waals surface area contributed by atoms with Gasteiger partial charge in [-0.05, 0) is 38.3 Å². The highest BCUT2D eigenvalue weighted by Gasteiger charge is 2.24. The summed E-state index contributed by atoms with van der Waals surface area (Å²) in [5.41, 5.74) is 0.857. The van der Waals surface area contributed by atoms with E-state index < -0.39 is 0 Å². The lowest BCUT2D eigenvalue weighted by Crippen LogP contribution is -2.40. The molecule has 7 heteroatoms. The molecule has 3 rings (SSSR count). The summed E-state index contributed by atoms with van der Waals surface area (Å²) in [5, 5.41) is 6.65. The number of ether oxygens (including phenoxy) is 1. The van der Waals surface area contributed by atoms with Gasteiger partial charge in [0.2, 0.25) is 0 Å². The number of rotatable bonds is 6. The van der Waals surface area contributed by atoms with Gasteiger partial charge in [-0.25, -0.2) is 0 Å². The van der Waals surface area contributed by atoms with Crippen LogP contribution >= 0.6 is 24.0 Å². The van der Waals surface area contributed by atoms with Crippen molar-refractivity contribution < 1.29 is 9.53 Å². The minimum Gasteiger partial charge on any atom is -0.482 e. The van der Waals surface area contributed by atoms with Crippen molar-refractivity contribution >= 4 is 41.5 Å². The minimum atomic E-state index is 0. The number of para-hydroxylation sites is 2. The Bertz CT molecular complexity index is 590. The molecule has 2 aliphatic rings. The van der Waals surface area contributed by atoms with Crippen LogP contribution in [0.3, 0.4) is 0 Å². The highest BCUT2D eigenvalue weighted by molar-refractivity contribution is 14.0. The Labute approximate surface area is 160 Å². The third-order valence-electron chi connectivity index (χ3n) is 3.88. The SMILES string of the molecule is CCNC(=NCCCN1C(=O)COc2ccccc21)NC1CC1.I. The van der Waals surface area contributed by atoms with Crippen LogP contribution in [0.1, 0.15) is 26.2 Å². The van der Waals surface area contributed by atoms with Crippen molar-refractivity contribution in [3.05, 3.63) is 24.3 Å². The highest BCUT2D eigenvalue weighted by Crippen LogP contribution is 2.31. The number of anilines is 1. The Morgan fingerprint density at radius 1 is 1.38 bits per heavy atom. The van der Waals surface area contributed by atoms with Gasteiger partial charge in [0.25, 0.3) is 5.91 Å². The van der Waals surface area contributed by atoms with Crippen LogP contribution in [0.15, 0.2) is 29.3 Å². The zero-order chi connectivity index (χ0) is 16.1. The second kappa shape index (κ2) is 9.10. The van der Waals surface area contributed by atoms with Crippen molar-refractivity contribution in [2.75, 3.05) is 31.1 Å². The molecule has 1 fully saturated rings. The number of aliphatic imine (C=N–C) groups is 1. The molecular formula is C17H25IN4O2. The van der Waals surface area contributed by atoms with E-state index in [0.717, 1.165) is 30.4 Å². The van der Waals surface area contributed by atoms with Crippen LogP contribution in [0.25, 0.3) is 0 Å². The molecule has 1 aliphatic carbocycles. The second-order valence-corrected chi connectivity index (χ2v) is 5.83. The van der Waals surface area contributed by atoms with Gasteiger partial charge in [-0.15, -0.1) is 24.0 Å². The number of guanidine groups is 1. The Kier molecular flexibility index (Phi) is 7.14. The smallest absolute Gasteiger partial charge is 0.265 e. The van der Waals surface area contributed by atoms with E-state index >= 15 is 0 Å². The lowest BCUT2D eigenvalue weighted by atomic mass is 10.2. The van der Waals surface area contributed by atoms with E-state index in [9.17, 15) is 4.79 Å². The summed E-state index contributed by atoms with van der Waals surface area (Å²) in [5.74, 6) is 1.67. The molecule has 1 aromatic carbocycles. The van der Waals surface area contributed by atoms with E-state index in [1.807, 2.05) is 24.3 Å². The Balaban J connectivity index is 0.00000208. The first kappa shape index (κ1) is 18.8. The van der Waals surface area contributed by atoms with E-state index in [-0.39, 0.29) is 36.5 Å².